The fraction of sp³-hybridized carbons (Fsp3) is 0.333. The van der Waals surface area contributed by atoms with Gasteiger partial charge < -0.3 is 25.4 Å². The van der Waals surface area contributed by atoms with Crippen LogP contribution in [0.1, 0.15) is 15.9 Å². The quantitative estimate of drug-likeness (QED) is 0.350. The molecule has 0 aliphatic rings. The van der Waals surface area contributed by atoms with Crippen LogP contribution in [0.3, 0.4) is 0 Å². The predicted octanol–water partition coefficient (Wildman–Crippen LogP) is 1.98. The van der Waals surface area contributed by atoms with E-state index in [-0.39, 0.29) is 5.91 Å². The molecule has 0 aromatic heterocycles. The summed E-state index contributed by atoms with van der Waals surface area (Å²) in [6, 6.07) is 15.0. The summed E-state index contributed by atoms with van der Waals surface area (Å²) in [5.74, 6) is 2.01. The molecule has 0 bridgehead atoms. The molecule has 0 unspecified atom stereocenters. The number of benzene rings is 2. The topological polar surface area (TPSA) is 84.0 Å². The number of carbonyl (C=O) groups excluding carboxylic acids is 1. The minimum atomic E-state index is -0.143. The zero-order valence-corrected chi connectivity index (χ0v) is 16.6. The first-order valence-electron chi connectivity index (χ1n) is 9.18. The molecule has 3 N–H and O–H groups in total. The van der Waals surface area contributed by atoms with E-state index in [1.54, 1.807) is 38.4 Å². The molecule has 0 saturated heterocycles. The highest BCUT2D eigenvalue weighted by molar-refractivity contribution is 5.94. The van der Waals surface area contributed by atoms with Crippen LogP contribution in [0.4, 0.5) is 0 Å². The first kappa shape index (κ1) is 21.1. The molecule has 0 radical (unpaired) electrons. The number of nitrogens with one attached hydrogen (secondary N) is 3. The molecular weight excluding hydrogens is 356 g/mol. The van der Waals surface area contributed by atoms with E-state index >= 15 is 0 Å². The SMILES string of the molecule is CN=C(NCCNC(=O)c1cccc(OC)c1)NCCOc1ccc(C)cc1. The van der Waals surface area contributed by atoms with E-state index in [1.165, 1.54) is 5.56 Å². The number of aryl methyl sites for hydroxylation is 1. The molecule has 0 aliphatic carbocycles. The third-order valence-electron chi connectivity index (χ3n) is 3.94. The van der Waals surface area contributed by atoms with Crippen molar-refractivity contribution < 1.29 is 14.3 Å². The molecule has 2 aromatic carbocycles. The van der Waals surface area contributed by atoms with Crippen molar-refractivity contribution in [3.05, 3.63) is 59.7 Å². The van der Waals surface area contributed by atoms with Crippen LogP contribution in [-0.4, -0.2) is 52.3 Å². The zero-order valence-electron chi connectivity index (χ0n) is 16.6. The van der Waals surface area contributed by atoms with Crippen LogP contribution in [0, 0.1) is 6.92 Å². The predicted molar refractivity (Wildman–Crippen MR) is 111 cm³/mol. The van der Waals surface area contributed by atoms with E-state index < -0.39 is 0 Å². The molecule has 28 heavy (non-hydrogen) atoms. The lowest BCUT2D eigenvalue weighted by molar-refractivity contribution is 0.0954. The molecule has 1 amide bonds. The first-order chi connectivity index (χ1) is 13.6. The Hall–Kier alpha value is -3.22. The number of hydrogen-bond acceptors (Lipinski definition) is 4. The highest BCUT2D eigenvalue weighted by Crippen LogP contribution is 2.12. The number of nitrogens with zero attached hydrogens (tertiary/aromatic N) is 1. The van der Waals surface area contributed by atoms with Gasteiger partial charge in [-0.3, -0.25) is 9.79 Å². The third kappa shape index (κ3) is 7.19. The van der Waals surface area contributed by atoms with E-state index in [0.717, 1.165) is 5.75 Å². The lowest BCUT2D eigenvalue weighted by Gasteiger charge is -2.13. The number of aliphatic imine (C=N–C) groups is 1. The van der Waals surface area contributed by atoms with Crippen LogP contribution in [0.25, 0.3) is 0 Å². The molecule has 0 aliphatic heterocycles. The fourth-order valence-corrected chi connectivity index (χ4v) is 2.42. The molecule has 150 valence electrons. The summed E-state index contributed by atoms with van der Waals surface area (Å²) >= 11 is 0. The molecule has 0 saturated carbocycles. The summed E-state index contributed by atoms with van der Waals surface area (Å²) in [4.78, 5) is 16.3. The van der Waals surface area contributed by atoms with Crippen LogP contribution < -0.4 is 25.4 Å². The Kier molecular flexibility index (Phi) is 8.65. The Morgan fingerprint density at radius 2 is 1.68 bits per heavy atom. The van der Waals surface area contributed by atoms with Crippen molar-refractivity contribution in [2.24, 2.45) is 4.99 Å². The Labute approximate surface area is 166 Å². The minimum Gasteiger partial charge on any atom is -0.497 e. The highest BCUT2D eigenvalue weighted by atomic mass is 16.5. The lowest BCUT2D eigenvalue weighted by atomic mass is 10.2. The van der Waals surface area contributed by atoms with Crippen LogP contribution in [0.5, 0.6) is 11.5 Å². The van der Waals surface area contributed by atoms with Crippen molar-refractivity contribution in [2.75, 3.05) is 40.4 Å². The number of ether oxygens (including phenoxy) is 2. The summed E-state index contributed by atoms with van der Waals surface area (Å²) in [7, 11) is 3.27. The van der Waals surface area contributed by atoms with Gasteiger partial charge in [0.25, 0.3) is 5.91 Å². The fourth-order valence-electron chi connectivity index (χ4n) is 2.42. The van der Waals surface area contributed by atoms with Gasteiger partial charge in [-0.05, 0) is 37.3 Å². The molecule has 0 spiro atoms. The molecular formula is C21H28N4O3. The van der Waals surface area contributed by atoms with Crippen LogP contribution in [0.2, 0.25) is 0 Å². The first-order valence-corrected chi connectivity index (χ1v) is 9.18. The van der Waals surface area contributed by atoms with Gasteiger partial charge in [0.1, 0.15) is 18.1 Å². The average molecular weight is 384 g/mol. The van der Waals surface area contributed by atoms with E-state index in [0.29, 0.717) is 43.5 Å². The van der Waals surface area contributed by atoms with E-state index in [2.05, 4.69) is 20.9 Å². The van der Waals surface area contributed by atoms with Gasteiger partial charge in [0.15, 0.2) is 5.96 Å². The van der Waals surface area contributed by atoms with Gasteiger partial charge >= 0.3 is 0 Å². The molecule has 2 aromatic rings. The highest BCUT2D eigenvalue weighted by Gasteiger charge is 2.06. The van der Waals surface area contributed by atoms with E-state index in [9.17, 15) is 4.79 Å². The second-order valence-corrected chi connectivity index (χ2v) is 6.08. The van der Waals surface area contributed by atoms with E-state index in [1.807, 2.05) is 31.2 Å². The van der Waals surface area contributed by atoms with Crippen LogP contribution in [0.15, 0.2) is 53.5 Å². The smallest absolute Gasteiger partial charge is 0.251 e. The van der Waals surface area contributed by atoms with Gasteiger partial charge in [-0.2, -0.15) is 0 Å². The van der Waals surface area contributed by atoms with Crippen LogP contribution >= 0.6 is 0 Å². The molecule has 0 atom stereocenters. The second-order valence-electron chi connectivity index (χ2n) is 6.08. The number of rotatable bonds is 9. The number of amides is 1. The molecule has 7 nitrogen and oxygen atoms in total. The van der Waals surface area contributed by atoms with Crippen molar-refractivity contribution in [1.82, 2.24) is 16.0 Å². The Bertz CT molecular complexity index is 775. The standard InChI is InChI=1S/C21H28N4O3/c1-16-7-9-18(10-8-16)28-14-13-25-21(22-2)24-12-11-23-20(26)17-5-4-6-19(15-17)27-3/h4-10,15H,11-14H2,1-3H3,(H,23,26)(H2,22,24,25). The number of methoxy groups -OCH3 is 1. The summed E-state index contributed by atoms with van der Waals surface area (Å²) in [5, 5.41) is 9.18. The van der Waals surface area contributed by atoms with Crippen molar-refractivity contribution in [3.8, 4) is 11.5 Å². The van der Waals surface area contributed by atoms with Crippen LogP contribution in [-0.2, 0) is 0 Å². The number of hydrogen-bond donors (Lipinski definition) is 3. The monoisotopic (exact) mass is 384 g/mol. The minimum absolute atomic E-state index is 0.143. The van der Waals surface area contributed by atoms with Gasteiger partial charge in [-0.15, -0.1) is 0 Å². The number of guanidine groups is 1. The van der Waals surface area contributed by atoms with Gasteiger partial charge in [0.05, 0.1) is 13.7 Å². The van der Waals surface area contributed by atoms with Crippen molar-refractivity contribution >= 4 is 11.9 Å². The van der Waals surface area contributed by atoms with Crippen molar-refractivity contribution in [2.45, 2.75) is 6.92 Å². The lowest BCUT2D eigenvalue weighted by Crippen LogP contribution is -2.42. The third-order valence-corrected chi connectivity index (χ3v) is 3.94. The van der Waals surface area contributed by atoms with Crippen molar-refractivity contribution in [1.29, 1.82) is 0 Å². The molecule has 0 heterocycles. The van der Waals surface area contributed by atoms with Gasteiger partial charge in [-0.25, -0.2) is 0 Å². The molecule has 2 rings (SSSR count). The average Bonchev–Trinajstić information content (AvgIpc) is 2.73. The maximum atomic E-state index is 12.1. The zero-order chi connectivity index (χ0) is 20.2. The summed E-state index contributed by atoms with van der Waals surface area (Å²) in [6.45, 7) is 4.20. The summed E-state index contributed by atoms with van der Waals surface area (Å²) in [6.07, 6.45) is 0. The Morgan fingerprint density at radius 1 is 0.964 bits per heavy atom. The molecule has 7 heteroatoms. The van der Waals surface area contributed by atoms with Gasteiger partial charge in [-0.1, -0.05) is 23.8 Å². The second kappa shape index (κ2) is 11.5. The maximum absolute atomic E-state index is 12.1. The Morgan fingerprint density at radius 3 is 2.39 bits per heavy atom. The normalized spacial score (nSPS) is 10.9. The number of carbonyl (C=O) groups is 1. The summed E-state index contributed by atoms with van der Waals surface area (Å²) < 4.78 is 10.8. The molecule has 0 fully saturated rings. The van der Waals surface area contributed by atoms with E-state index in [4.69, 9.17) is 9.47 Å². The van der Waals surface area contributed by atoms with Gasteiger partial charge in [0, 0.05) is 25.7 Å². The maximum Gasteiger partial charge on any atom is 0.251 e. The summed E-state index contributed by atoms with van der Waals surface area (Å²) in [5.41, 5.74) is 1.77. The largest absolute Gasteiger partial charge is 0.497 e. The van der Waals surface area contributed by atoms with Gasteiger partial charge in [0.2, 0.25) is 0 Å². The van der Waals surface area contributed by atoms with Crippen molar-refractivity contribution in [3.63, 3.8) is 0 Å². The Balaban J connectivity index is 1.62.